The third-order valence-corrected chi connectivity index (χ3v) is 13.2. The number of ether oxygens (including phenoxy) is 2. The number of hydrogen-bond acceptors (Lipinski definition) is 8. The lowest BCUT2D eigenvalue weighted by Gasteiger charge is -2.41. The smallest absolute Gasteiger partial charge is 0.347 e. The van der Waals surface area contributed by atoms with E-state index < -0.39 is 55.5 Å². The van der Waals surface area contributed by atoms with Gasteiger partial charge < -0.3 is 45.0 Å². The molecule has 4 rings (SSSR count). The molecule has 11 atom stereocenters. The summed E-state index contributed by atoms with van der Waals surface area (Å²) in [5.74, 6) is -3.37. The van der Waals surface area contributed by atoms with Gasteiger partial charge in [0.1, 0.15) is 11.8 Å². The molecule has 3 aliphatic rings. The number of piperidine rings is 1. The summed E-state index contributed by atoms with van der Waals surface area (Å²) in [6.07, 6.45) is 3.55. The molecule has 4 amide bonds. The Bertz CT molecular complexity index is 1480. The van der Waals surface area contributed by atoms with Crippen LogP contribution in [0.4, 0.5) is 0 Å². The number of nitrogens with one attached hydrogen (secondary N) is 3. The monoisotopic (exact) mass is 777 g/mol. The van der Waals surface area contributed by atoms with E-state index >= 15 is 0 Å². The van der Waals surface area contributed by atoms with Crippen LogP contribution in [0.1, 0.15) is 85.1 Å². The predicted octanol–water partition coefficient (Wildman–Crippen LogP) is 3.05. The first-order valence-corrected chi connectivity index (χ1v) is 21.3. The predicted molar refractivity (Wildman–Crippen MR) is 205 cm³/mol. The molecule has 2 heterocycles. The fraction of sp³-hybridized carbons (Fsp3) is 0.744. The summed E-state index contributed by atoms with van der Waals surface area (Å²) in [5, 5.41) is 9.04. The van der Waals surface area contributed by atoms with Crippen molar-refractivity contribution < 1.29 is 43.0 Å². The number of methoxy groups -OCH3 is 2. The van der Waals surface area contributed by atoms with Crippen LogP contribution in [-0.2, 0) is 39.6 Å². The number of hydrogen-bond donors (Lipinski definition) is 5. The Morgan fingerprint density at radius 2 is 1.70 bits per heavy atom. The lowest BCUT2D eigenvalue weighted by molar-refractivity contribution is -0.147. The van der Waals surface area contributed by atoms with Crippen LogP contribution in [0.25, 0.3) is 0 Å². The second-order valence-corrected chi connectivity index (χ2v) is 17.8. The first kappa shape index (κ1) is 43.9. The molecule has 15 heteroatoms. The normalized spacial score (nSPS) is 25.1. The Kier molecular flexibility index (Phi) is 15.7. The highest BCUT2D eigenvalue weighted by Gasteiger charge is 2.46. The first-order valence-electron chi connectivity index (χ1n) is 19.6. The molecule has 0 radical (unpaired) electrons. The third-order valence-electron chi connectivity index (χ3n) is 12.1. The molecule has 1 saturated carbocycles. The van der Waals surface area contributed by atoms with Crippen molar-refractivity contribution in [3.05, 3.63) is 35.9 Å². The molecule has 1 aromatic rings. The lowest BCUT2D eigenvalue weighted by atomic mass is 9.89. The van der Waals surface area contributed by atoms with Crippen molar-refractivity contribution in [2.75, 3.05) is 27.8 Å². The van der Waals surface area contributed by atoms with E-state index in [-0.39, 0.29) is 54.4 Å². The Morgan fingerprint density at radius 1 is 1.02 bits per heavy atom. The number of likely N-dealkylation sites (tertiary alicyclic amines) is 1. The number of carbonyl (C=O) groups is 4. The average Bonchev–Trinajstić information content (AvgIpc) is 3.91. The zero-order valence-corrected chi connectivity index (χ0v) is 34.2. The minimum absolute atomic E-state index is 0.0260. The molecule has 1 aliphatic carbocycles. The van der Waals surface area contributed by atoms with Crippen LogP contribution in [0, 0.1) is 23.7 Å². The van der Waals surface area contributed by atoms with Gasteiger partial charge in [-0.1, -0.05) is 71.4 Å². The maximum atomic E-state index is 14.2. The summed E-state index contributed by atoms with van der Waals surface area (Å²) in [6, 6.07) is 7.17. The average molecular weight is 778 g/mol. The SMILES string of the molecule is CC[C@H](C)[C@@H]([C@@H](CC(=O)N1CCCC1[C@H](OC)[C@@H](C)C(=O)N[C@@H](Cc1ccccc1)P(=O)(O)O)OC)N(C)C(=O)C(NC(=O)[C@H]1N[C@@H]2CC[C@H]1C2)C(C)C. The molecule has 14 nitrogen and oxygen atoms in total. The van der Waals surface area contributed by atoms with Crippen molar-refractivity contribution in [3.63, 3.8) is 0 Å². The van der Waals surface area contributed by atoms with Gasteiger partial charge in [0.2, 0.25) is 23.6 Å². The van der Waals surface area contributed by atoms with E-state index in [1.54, 1.807) is 54.1 Å². The molecule has 54 heavy (non-hydrogen) atoms. The number of benzene rings is 1. The van der Waals surface area contributed by atoms with Crippen molar-refractivity contribution in [2.24, 2.45) is 23.7 Å². The van der Waals surface area contributed by atoms with Gasteiger partial charge >= 0.3 is 7.60 Å². The van der Waals surface area contributed by atoms with E-state index in [0.717, 1.165) is 19.3 Å². The summed E-state index contributed by atoms with van der Waals surface area (Å²) < 4.78 is 24.3. The molecule has 0 aromatic heterocycles. The van der Waals surface area contributed by atoms with Crippen molar-refractivity contribution in [1.82, 2.24) is 25.8 Å². The van der Waals surface area contributed by atoms with Gasteiger partial charge in [-0.2, -0.15) is 0 Å². The highest BCUT2D eigenvalue weighted by Crippen LogP contribution is 2.42. The second kappa shape index (κ2) is 19.3. The maximum absolute atomic E-state index is 14.2. The Morgan fingerprint density at radius 3 is 2.24 bits per heavy atom. The molecular weight excluding hydrogens is 713 g/mol. The fourth-order valence-electron chi connectivity index (χ4n) is 8.82. The quantitative estimate of drug-likeness (QED) is 0.131. The maximum Gasteiger partial charge on any atom is 0.347 e. The van der Waals surface area contributed by atoms with Gasteiger partial charge in [-0.25, -0.2) is 0 Å². The molecule has 2 unspecified atom stereocenters. The summed E-state index contributed by atoms with van der Waals surface area (Å²) in [6.45, 7) is 9.95. The Balaban J connectivity index is 1.46. The van der Waals surface area contributed by atoms with Crippen LogP contribution in [0.2, 0.25) is 0 Å². The molecule has 3 fully saturated rings. The molecule has 5 N–H and O–H groups in total. The van der Waals surface area contributed by atoms with E-state index in [2.05, 4.69) is 16.0 Å². The van der Waals surface area contributed by atoms with Crippen molar-refractivity contribution in [3.8, 4) is 0 Å². The van der Waals surface area contributed by atoms with Crippen LogP contribution in [-0.4, -0.2) is 119 Å². The van der Waals surface area contributed by atoms with Crippen molar-refractivity contribution in [2.45, 2.75) is 134 Å². The summed E-state index contributed by atoms with van der Waals surface area (Å²) >= 11 is 0. The summed E-state index contributed by atoms with van der Waals surface area (Å²) in [5.41, 5.74) is 0.669. The Labute approximate surface area is 321 Å². The van der Waals surface area contributed by atoms with E-state index in [0.29, 0.717) is 37.4 Å². The minimum atomic E-state index is -4.71. The third kappa shape index (κ3) is 10.5. The van der Waals surface area contributed by atoms with E-state index in [1.807, 2.05) is 27.7 Å². The van der Waals surface area contributed by atoms with Gasteiger partial charge in [-0.05, 0) is 55.4 Å². The minimum Gasteiger partial charge on any atom is -0.379 e. The topological polar surface area (TPSA) is 187 Å². The van der Waals surface area contributed by atoms with E-state index in [9.17, 15) is 33.5 Å². The number of likely N-dealkylation sites (N-methyl/N-ethyl adjacent to an activating group) is 1. The fourth-order valence-corrected chi connectivity index (χ4v) is 9.56. The number of carbonyl (C=O) groups excluding carboxylic acids is 4. The molecule has 2 bridgehead atoms. The van der Waals surface area contributed by atoms with Gasteiger partial charge in [0.05, 0.1) is 42.7 Å². The Hall–Kier alpha value is -2.87. The first-order chi connectivity index (χ1) is 25.5. The summed E-state index contributed by atoms with van der Waals surface area (Å²) in [7, 11) is 0.00784. The highest BCUT2D eigenvalue weighted by molar-refractivity contribution is 7.52. The van der Waals surface area contributed by atoms with Crippen LogP contribution < -0.4 is 16.0 Å². The van der Waals surface area contributed by atoms with Gasteiger partial charge in [0.15, 0.2) is 0 Å². The number of fused-ring (bicyclic) bond motifs is 2. The van der Waals surface area contributed by atoms with Gasteiger partial charge in [0, 0.05) is 40.3 Å². The number of amides is 4. The molecular formula is C39H64N5O9P. The van der Waals surface area contributed by atoms with Crippen LogP contribution in [0.15, 0.2) is 30.3 Å². The lowest BCUT2D eigenvalue weighted by Crippen LogP contribution is -2.59. The van der Waals surface area contributed by atoms with Gasteiger partial charge in [-0.15, -0.1) is 0 Å². The molecule has 2 aliphatic heterocycles. The highest BCUT2D eigenvalue weighted by atomic mass is 31.2. The zero-order chi connectivity index (χ0) is 39.9. The largest absolute Gasteiger partial charge is 0.379 e. The molecule has 1 aromatic carbocycles. The zero-order valence-electron chi connectivity index (χ0n) is 33.3. The van der Waals surface area contributed by atoms with Crippen LogP contribution in [0.5, 0.6) is 0 Å². The van der Waals surface area contributed by atoms with Crippen LogP contribution in [0.3, 0.4) is 0 Å². The van der Waals surface area contributed by atoms with Crippen LogP contribution >= 0.6 is 7.60 Å². The van der Waals surface area contributed by atoms with E-state index in [1.165, 1.54) is 14.2 Å². The van der Waals surface area contributed by atoms with E-state index in [4.69, 9.17) is 9.47 Å². The second-order valence-electron chi connectivity index (χ2n) is 16.0. The molecule has 304 valence electrons. The van der Waals surface area contributed by atoms with Gasteiger partial charge in [0.25, 0.3) is 0 Å². The summed E-state index contributed by atoms with van der Waals surface area (Å²) in [4.78, 5) is 78.9. The van der Waals surface area contributed by atoms with Gasteiger partial charge in [-0.3, -0.25) is 23.7 Å². The molecule has 2 saturated heterocycles. The van der Waals surface area contributed by atoms with Crippen molar-refractivity contribution >= 4 is 31.2 Å². The van der Waals surface area contributed by atoms with Crippen molar-refractivity contribution in [1.29, 1.82) is 0 Å². The molecule has 0 spiro atoms. The number of nitrogens with zero attached hydrogens (tertiary/aromatic N) is 2. The standard InChI is InChI=1S/C39H64N5O9P/c1-9-24(4)35(43(6)39(48)33(23(2)3)42-38(47)34-27-17-18-28(21-27)40-34)30(52-7)22-32(45)44-19-13-16-29(44)36(53-8)25(5)37(46)41-31(54(49,50)51)20-26-14-11-10-12-15-26/h10-12,14-15,23-25,27-31,33-36,40H,9,13,16-22H2,1-8H3,(H,41,46)(H,42,47)(H2,49,50,51)/t24-,25+,27-,28+,29?,30+,31+,33?,34-,35-,36+/m0/s1. The number of rotatable bonds is 19.